The average Bonchev–Trinajstić information content (AvgIpc) is 2.68. The van der Waals surface area contributed by atoms with Crippen molar-refractivity contribution < 1.29 is 19.8 Å². The number of amides is 1. The fourth-order valence-electron chi connectivity index (χ4n) is 3.63. The number of hydrogen-bond donors (Lipinski definition) is 2. The maximum atomic E-state index is 12.7. The van der Waals surface area contributed by atoms with Gasteiger partial charge in [-0.3, -0.25) is 14.5 Å². The third-order valence-electron chi connectivity index (χ3n) is 4.75. The van der Waals surface area contributed by atoms with Crippen molar-refractivity contribution in [2.45, 2.75) is 26.2 Å². The van der Waals surface area contributed by atoms with Gasteiger partial charge in [0.15, 0.2) is 0 Å². The highest BCUT2D eigenvalue weighted by atomic mass is 16.4. The van der Waals surface area contributed by atoms with E-state index in [1.807, 2.05) is 11.8 Å². The van der Waals surface area contributed by atoms with Crippen molar-refractivity contribution in [3.63, 3.8) is 0 Å². The van der Waals surface area contributed by atoms with Gasteiger partial charge in [-0.2, -0.15) is 0 Å². The number of aliphatic hydroxyl groups excluding tert-OH is 1. The van der Waals surface area contributed by atoms with Crippen LogP contribution in [-0.4, -0.2) is 71.2 Å². The first-order chi connectivity index (χ1) is 10.0. The summed E-state index contributed by atoms with van der Waals surface area (Å²) in [5.74, 6) is -1.41. The van der Waals surface area contributed by atoms with E-state index < -0.39 is 11.9 Å². The molecule has 1 saturated heterocycles. The minimum atomic E-state index is -0.838. The zero-order valence-electron chi connectivity index (χ0n) is 12.7. The first-order valence-corrected chi connectivity index (χ1v) is 7.87. The first-order valence-electron chi connectivity index (χ1n) is 7.87. The molecule has 120 valence electrons. The molecule has 21 heavy (non-hydrogen) atoms. The van der Waals surface area contributed by atoms with Gasteiger partial charge in [-0.15, -0.1) is 0 Å². The van der Waals surface area contributed by atoms with E-state index in [1.54, 1.807) is 0 Å². The molecule has 2 aliphatic rings. The van der Waals surface area contributed by atoms with Crippen molar-refractivity contribution in [3.05, 3.63) is 0 Å². The minimum absolute atomic E-state index is 0.0117. The number of aliphatic carboxylic acids is 1. The van der Waals surface area contributed by atoms with Crippen molar-refractivity contribution in [1.82, 2.24) is 9.80 Å². The fraction of sp³-hybridized carbons (Fsp3) is 0.867. The summed E-state index contributed by atoms with van der Waals surface area (Å²) in [5.41, 5.74) is 0. The molecule has 1 amide bonds. The Morgan fingerprint density at radius 3 is 2.48 bits per heavy atom. The molecule has 6 heteroatoms. The van der Waals surface area contributed by atoms with Crippen LogP contribution in [0.3, 0.4) is 0 Å². The standard InChI is InChI=1S/C15H26N2O4/c1-11-9-12(13(10-11)15(20)21)14(19)17-4-2-3-16(5-6-17)7-8-18/h11-13,18H,2-10H2,1H3,(H,20,21). The lowest BCUT2D eigenvalue weighted by atomic mass is 9.94. The molecule has 0 bridgehead atoms. The Hall–Kier alpha value is -1.14. The van der Waals surface area contributed by atoms with E-state index in [0.29, 0.717) is 38.4 Å². The number of rotatable bonds is 4. The number of hydrogen-bond acceptors (Lipinski definition) is 4. The Morgan fingerprint density at radius 2 is 1.81 bits per heavy atom. The molecule has 0 spiro atoms. The van der Waals surface area contributed by atoms with Crippen molar-refractivity contribution in [3.8, 4) is 0 Å². The molecular weight excluding hydrogens is 272 g/mol. The maximum Gasteiger partial charge on any atom is 0.307 e. The fourth-order valence-corrected chi connectivity index (χ4v) is 3.63. The smallest absolute Gasteiger partial charge is 0.307 e. The molecule has 1 aliphatic carbocycles. The Labute approximate surface area is 125 Å². The molecule has 3 atom stereocenters. The van der Waals surface area contributed by atoms with Crippen LogP contribution in [0.15, 0.2) is 0 Å². The zero-order chi connectivity index (χ0) is 15.4. The van der Waals surface area contributed by atoms with Gasteiger partial charge in [0, 0.05) is 26.2 Å². The molecule has 6 nitrogen and oxygen atoms in total. The van der Waals surface area contributed by atoms with Crippen molar-refractivity contribution >= 4 is 11.9 Å². The summed E-state index contributed by atoms with van der Waals surface area (Å²) >= 11 is 0. The van der Waals surface area contributed by atoms with Crippen molar-refractivity contribution in [1.29, 1.82) is 0 Å². The molecule has 2 fully saturated rings. The van der Waals surface area contributed by atoms with Gasteiger partial charge in [0.1, 0.15) is 0 Å². The Morgan fingerprint density at radius 1 is 1.10 bits per heavy atom. The quantitative estimate of drug-likeness (QED) is 0.778. The van der Waals surface area contributed by atoms with Gasteiger partial charge in [-0.05, 0) is 31.7 Å². The highest BCUT2D eigenvalue weighted by Crippen LogP contribution is 2.37. The second-order valence-electron chi connectivity index (χ2n) is 6.37. The highest BCUT2D eigenvalue weighted by molar-refractivity contribution is 5.85. The number of nitrogens with zero attached hydrogens (tertiary/aromatic N) is 2. The normalized spacial score (nSPS) is 31.1. The molecule has 0 aromatic rings. The van der Waals surface area contributed by atoms with Crippen LogP contribution >= 0.6 is 0 Å². The van der Waals surface area contributed by atoms with Crippen LogP contribution in [0.5, 0.6) is 0 Å². The molecule has 0 aromatic carbocycles. The molecule has 0 radical (unpaired) electrons. The van der Waals surface area contributed by atoms with Crippen LogP contribution < -0.4 is 0 Å². The second-order valence-corrected chi connectivity index (χ2v) is 6.37. The van der Waals surface area contributed by atoms with Crippen LogP contribution in [0.4, 0.5) is 0 Å². The summed E-state index contributed by atoms with van der Waals surface area (Å²) in [6, 6.07) is 0. The largest absolute Gasteiger partial charge is 0.481 e. The summed E-state index contributed by atoms with van der Waals surface area (Å²) in [5, 5.41) is 18.3. The number of aliphatic hydroxyl groups is 1. The monoisotopic (exact) mass is 298 g/mol. The third-order valence-corrected chi connectivity index (χ3v) is 4.75. The van der Waals surface area contributed by atoms with Gasteiger partial charge in [-0.1, -0.05) is 6.92 Å². The van der Waals surface area contributed by atoms with Crippen molar-refractivity contribution in [2.24, 2.45) is 17.8 Å². The number of carbonyl (C=O) groups excluding carboxylic acids is 1. The van der Waals surface area contributed by atoms with E-state index in [9.17, 15) is 14.7 Å². The van der Waals surface area contributed by atoms with Gasteiger partial charge in [0.2, 0.25) is 5.91 Å². The second kappa shape index (κ2) is 7.22. The molecule has 1 heterocycles. The van der Waals surface area contributed by atoms with Crippen LogP contribution in [0, 0.1) is 17.8 Å². The van der Waals surface area contributed by atoms with Crippen LogP contribution in [0.25, 0.3) is 0 Å². The summed E-state index contributed by atoms with van der Waals surface area (Å²) in [6.07, 6.45) is 2.18. The van der Waals surface area contributed by atoms with Gasteiger partial charge in [0.25, 0.3) is 0 Å². The molecular formula is C15H26N2O4. The molecule has 1 aliphatic heterocycles. The van der Waals surface area contributed by atoms with E-state index >= 15 is 0 Å². The summed E-state index contributed by atoms with van der Waals surface area (Å²) in [6.45, 7) is 5.76. The zero-order valence-corrected chi connectivity index (χ0v) is 12.7. The molecule has 2 rings (SSSR count). The number of β-amino-alcohol motifs (C(OH)–C–C–N with tert-alkyl or cyclic N) is 1. The van der Waals surface area contributed by atoms with Gasteiger partial charge in [0.05, 0.1) is 18.4 Å². The molecule has 3 unspecified atom stereocenters. The van der Waals surface area contributed by atoms with E-state index in [1.165, 1.54) is 0 Å². The molecule has 1 saturated carbocycles. The Bertz CT molecular complexity index is 388. The summed E-state index contributed by atoms with van der Waals surface area (Å²) < 4.78 is 0. The Balaban J connectivity index is 1.97. The topological polar surface area (TPSA) is 81.1 Å². The SMILES string of the molecule is CC1CC(C(=O)O)C(C(=O)N2CCCN(CCO)CC2)C1. The summed E-state index contributed by atoms with van der Waals surface area (Å²) in [4.78, 5) is 28.0. The van der Waals surface area contributed by atoms with Crippen LogP contribution in [-0.2, 0) is 9.59 Å². The third kappa shape index (κ3) is 3.95. The number of carboxylic acid groups (broad SMARTS) is 1. The molecule has 2 N–H and O–H groups in total. The lowest BCUT2D eigenvalue weighted by Crippen LogP contribution is -2.41. The van der Waals surface area contributed by atoms with E-state index in [2.05, 4.69) is 4.90 Å². The predicted molar refractivity (Wildman–Crippen MR) is 77.7 cm³/mol. The van der Waals surface area contributed by atoms with E-state index in [4.69, 9.17) is 5.11 Å². The van der Waals surface area contributed by atoms with Gasteiger partial charge in [-0.25, -0.2) is 0 Å². The minimum Gasteiger partial charge on any atom is -0.481 e. The van der Waals surface area contributed by atoms with Crippen LogP contribution in [0.1, 0.15) is 26.2 Å². The highest BCUT2D eigenvalue weighted by Gasteiger charge is 2.42. The summed E-state index contributed by atoms with van der Waals surface area (Å²) in [7, 11) is 0. The van der Waals surface area contributed by atoms with Crippen LogP contribution in [0.2, 0.25) is 0 Å². The first kappa shape index (κ1) is 16.2. The van der Waals surface area contributed by atoms with Gasteiger partial charge < -0.3 is 15.1 Å². The van der Waals surface area contributed by atoms with E-state index in [-0.39, 0.29) is 18.4 Å². The maximum absolute atomic E-state index is 12.7. The number of carboxylic acids is 1. The lowest BCUT2D eigenvalue weighted by Gasteiger charge is -2.26. The van der Waals surface area contributed by atoms with Crippen molar-refractivity contribution in [2.75, 3.05) is 39.3 Å². The predicted octanol–water partition coefficient (Wildman–Crippen LogP) is 0.260. The number of carbonyl (C=O) groups is 2. The average molecular weight is 298 g/mol. The molecule has 0 aromatic heterocycles. The lowest BCUT2D eigenvalue weighted by molar-refractivity contribution is -0.149. The van der Waals surface area contributed by atoms with Gasteiger partial charge >= 0.3 is 5.97 Å². The Kier molecular flexibility index (Phi) is 5.58. The van der Waals surface area contributed by atoms with E-state index in [0.717, 1.165) is 19.5 Å².